The largest absolute Gasteiger partial charge is 0.377 e. The van der Waals surface area contributed by atoms with Crippen molar-refractivity contribution in [3.63, 3.8) is 0 Å². The number of anilines is 2. The Labute approximate surface area is 159 Å². The van der Waals surface area contributed by atoms with Gasteiger partial charge in [-0.3, -0.25) is 4.79 Å². The third-order valence-corrected chi connectivity index (χ3v) is 4.98. The summed E-state index contributed by atoms with van der Waals surface area (Å²) in [7, 11) is 3.88. The molecule has 1 aromatic heterocycles. The van der Waals surface area contributed by atoms with E-state index >= 15 is 0 Å². The molecule has 27 heavy (non-hydrogen) atoms. The van der Waals surface area contributed by atoms with Crippen LogP contribution in [-0.4, -0.2) is 24.6 Å². The van der Waals surface area contributed by atoms with Crippen LogP contribution < -0.4 is 10.2 Å². The molecule has 0 bridgehead atoms. The van der Waals surface area contributed by atoms with Gasteiger partial charge >= 0.3 is 0 Å². The van der Waals surface area contributed by atoms with Crippen LogP contribution in [0.4, 0.5) is 11.4 Å². The van der Waals surface area contributed by atoms with Crippen LogP contribution in [0.3, 0.4) is 0 Å². The molecule has 0 aliphatic carbocycles. The maximum Gasteiger partial charge on any atom is 0.257 e. The van der Waals surface area contributed by atoms with E-state index in [9.17, 15) is 4.79 Å². The molecule has 0 saturated heterocycles. The first-order chi connectivity index (χ1) is 13.1. The standard InChI is InChI=1S/C23H23N3O/c1-4-26-21-12-8-5-9-17(21)19-15-16(13-14-22(19)26)24-23(27)18-10-6-7-11-20(18)25(2)3/h5-15H,4H2,1-3H3,(H,24,27). The van der Waals surface area contributed by atoms with Crippen molar-refractivity contribution in [2.75, 3.05) is 24.3 Å². The van der Waals surface area contributed by atoms with Crippen molar-refractivity contribution in [2.24, 2.45) is 0 Å². The highest BCUT2D eigenvalue weighted by molar-refractivity contribution is 6.12. The molecule has 0 saturated carbocycles. The van der Waals surface area contributed by atoms with Crippen LogP contribution in [0.2, 0.25) is 0 Å². The van der Waals surface area contributed by atoms with Crippen molar-refractivity contribution in [3.8, 4) is 0 Å². The summed E-state index contributed by atoms with van der Waals surface area (Å²) in [6, 6.07) is 22.2. The van der Waals surface area contributed by atoms with Crippen molar-refractivity contribution < 1.29 is 4.79 Å². The fraction of sp³-hybridized carbons (Fsp3) is 0.174. The minimum absolute atomic E-state index is 0.0992. The predicted octanol–water partition coefficient (Wildman–Crippen LogP) is 5.13. The van der Waals surface area contributed by atoms with Gasteiger partial charge in [0, 0.05) is 53.8 Å². The second-order valence-electron chi connectivity index (χ2n) is 6.86. The number of carbonyl (C=O) groups is 1. The molecule has 3 aromatic carbocycles. The number of nitrogens with zero attached hydrogens (tertiary/aromatic N) is 2. The van der Waals surface area contributed by atoms with Gasteiger partial charge in [-0.1, -0.05) is 30.3 Å². The van der Waals surface area contributed by atoms with Crippen molar-refractivity contribution in [3.05, 3.63) is 72.3 Å². The number of benzene rings is 3. The Morgan fingerprint density at radius 1 is 0.926 bits per heavy atom. The lowest BCUT2D eigenvalue weighted by molar-refractivity contribution is 0.102. The summed E-state index contributed by atoms with van der Waals surface area (Å²) in [4.78, 5) is 14.8. The Kier molecular flexibility index (Phi) is 4.32. The van der Waals surface area contributed by atoms with E-state index in [1.807, 2.05) is 49.3 Å². The number of aryl methyl sites for hydroxylation is 1. The van der Waals surface area contributed by atoms with Gasteiger partial charge in [-0.05, 0) is 43.3 Å². The number of aromatic nitrogens is 1. The average Bonchev–Trinajstić information content (AvgIpc) is 3.01. The van der Waals surface area contributed by atoms with Crippen LogP contribution in [0.15, 0.2) is 66.7 Å². The highest BCUT2D eigenvalue weighted by Crippen LogP contribution is 2.31. The normalized spacial score (nSPS) is 11.1. The van der Waals surface area contributed by atoms with Gasteiger partial charge in [0.15, 0.2) is 0 Å². The Bertz CT molecular complexity index is 1140. The third-order valence-electron chi connectivity index (χ3n) is 4.98. The molecule has 4 nitrogen and oxygen atoms in total. The second-order valence-corrected chi connectivity index (χ2v) is 6.86. The highest BCUT2D eigenvalue weighted by Gasteiger charge is 2.14. The SMILES string of the molecule is CCn1c2ccccc2c2cc(NC(=O)c3ccccc3N(C)C)ccc21. The molecule has 0 fully saturated rings. The Morgan fingerprint density at radius 3 is 2.41 bits per heavy atom. The fourth-order valence-corrected chi connectivity index (χ4v) is 3.73. The van der Waals surface area contributed by atoms with E-state index in [1.54, 1.807) is 0 Å². The first-order valence-corrected chi connectivity index (χ1v) is 9.19. The molecular formula is C23H23N3O. The summed E-state index contributed by atoms with van der Waals surface area (Å²) in [5, 5.41) is 5.43. The van der Waals surface area contributed by atoms with Crippen LogP contribution in [0.5, 0.6) is 0 Å². The quantitative estimate of drug-likeness (QED) is 0.549. The summed E-state index contributed by atoms with van der Waals surface area (Å²) >= 11 is 0. The molecular weight excluding hydrogens is 334 g/mol. The zero-order chi connectivity index (χ0) is 19.0. The van der Waals surface area contributed by atoms with E-state index in [2.05, 4.69) is 53.2 Å². The lowest BCUT2D eigenvalue weighted by atomic mass is 10.1. The van der Waals surface area contributed by atoms with Crippen molar-refractivity contribution >= 4 is 39.1 Å². The summed E-state index contributed by atoms with van der Waals surface area (Å²) in [6.07, 6.45) is 0. The van der Waals surface area contributed by atoms with E-state index in [1.165, 1.54) is 16.4 Å². The third kappa shape index (κ3) is 2.93. The molecule has 4 rings (SSSR count). The molecule has 1 N–H and O–H groups in total. The lowest BCUT2D eigenvalue weighted by Gasteiger charge is -2.17. The van der Waals surface area contributed by atoms with Crippen LogP contribution in [0, 0.1) is 0 Å². The minimum atomic E-state index is -0.0992. The second kappa shape index (κ2) is 6.80. The Balaban J connectivity index is 1.75. The van der Waals surface area contributed by atoms with Gasteiger partial charge in [-0.15, -0.1) is 0 Å². The molecule has 4 aromatic rings. The molecule has 0 radical (unpaired) electrons. The molecule has 136 valence electrons. The van der Waals surface area contributed by atoms with Crippen molar-refractivity contribution in [1.82, 2.24) is 4.57 Å². The van der Waals surface area contributed by atoms with Crippen LogP contribution in [0.25, 0.3) is 21.8 Å². The number of fused-ring (bicyclic) bond motifs is 3. The van der Waals surface area contributed by atoms with Crippen LogP contribution in [-0.2, 0) is 6.54 Å². The lowest BCUT2D eigenvalue weighted by Crippen LogP contribution is -2.18. The van der Waals surface area contributed by atoms with E-state index in [4.69, 9.17) is 0 Å². The summed E-state index contributed by atoms with van der Waals surface area (Å²) in [5.41, 5.74) is 4.78. The molecule has 4 heteroatoms. The van der Waals surface area contributed by atoms with Gasteiger partial charge in [-0.25, -0.2) is 0 Å². The number of amides is 1. The van der Waals surface area contributed by atoms with Crippen LogP contribution >= 0.6 is 0 Å². The van der Waals surface area contributed by atoms with E-state index < -0.39 is 0 Å². The molecule has 0 atom stereocenters. The monoisotopic (exact) mass is 357 g/mol. The topological polar surface area (TPSA) is 37.3 Å². The maximum atomic E-state index is 12.9. The summed E-state index contributed by atoms with van der Waals surface area (Å²) < 4.78 is 2.30. The highest BCUT2D eigenvalue weighted by atomic mass is 16.1. The molecule has 0 spiro atoms. The number of carbonyl (C=O) groups excluding carboxylic acids is 1. The minimum Gasteiger partial charge on any atom is -0.377 e. The zero-order valence-corrected chi connectivity index (χ0v) is 15.9. The van der Waals surface area contributed by atoms with Gasteiger partial charge < -0.3 is 14.8 Å². The average molecular weight is 357 g/mol. The predicted molar refractivity (Wildman–Crippen MR) is 114 cm³/mol. The fourth-order valence-electron chi connectivity index (χ4n) is 3.73. The first kappa shape index (κ1) is 17.2. The number of hydrogen-bond acceptors (Lipinski definition) is 2. The number of hydrogen-bond donors (Lipinski definition) is 1. The number of nitrogens with one attached hydrogen (secondary N) is 1. The van der Waals surface area contributed by atoms with Crippen molar-refractivity contribution in [1.29, 1.82) is 0 Å². The Hall–Kier alpha value is -3.27. The number of para-hydroxylation sites is 2. The van der Waals surface area contributed by atoms with Gasteiger partial charge in [-0.2, -0.15) is 0 Å². The molecule has 1 amide bonds. The van der Waals surface area contributed by atoms with E-state index in [0.29, 0.717) is 5.56 Å². The molecule has 0 aliphatic rings. The molecule has 0 aliphatic heterocycles. The Morgan fingerprint density at radius 2 is 1.63 bits per heavy atom. The van der Waals surface area contributed by atoms with Gasteiger partial charge in [0.05, 0.1) is 5.56 Å². The summed E-state index contributed by atoms with van der Waals surface area (Å²) in [6.45, 7) is 3.06. The van der Waals surface area contributed by atoms with Gasteiger partial charge in [0.25, 0.3) is 5.91 Å². The van der Waals surface area contributed by atoms with Crippen LogP contribution in [0.1, 0.15) is 17.3 Å². The van der Waals surface area contributed by atoms with Gasteiger partial charge in [0.2, 0.25) is 0 Å². The number of rotatable bonds is 4. The van der Waals surface area contributed by atoms with Gasteiger partial charge in [0.1, 0.15) is 0 Å². The maximum absolute atomic E-state index is 12.9. The molecule has 1 heterocycles. The van der Waals surface area contributed by atoms with E-state index in [0.717, 1.165) is 23.3 Å². The first-order valence-electron chi connectivity index (χ1n) is 9.19. The summed E-state index contributed by atoms with van der Waals surface area (Å²) in [5.74, 6) is -0.0992. The van der Waals surface area contributed by atoms with Crippen molar-refractivity contribution in [2.45, 2.75) is 13.5 Å². The molecule has 0 unspecified atom stereocenters. The zero-order valence-electron chi connectivity index (χ0n) is 15.9. The smallest absolute Gasteiger partial charge is 0.257 e. The van der Waals surface area contributed by atoms with E-state index in [-0.39, 0.29) is 5.91 Å².